The van der Waals surface area contributed by atoms with Crippen LogP contribution in [0.4, 0.5) is 5.69 Å². The topological polar surface area (TPSA) is 66.5 Å². The summed E-state index contributed by atoms with van der Waals surface area (Å²) in [6.07, 6.45) is 0. The quantitative estimate of drug-likeness (QED) is 0.908. The maximum Gasteiger partial charge on any atom is 0.243 e. The van der Waals surface area contributed by atoms with Gasteiger partial charge in [-0.15, -0.1) is 11.8 Å². The Labute approximate surface area is 146 Å². The third-order valence-corrected chi connectivity index (χ3v) is 6.82. The molecular weight excluding hydrogens is 344 g/mol. The molecule has 2 aromatic carbocycles. The summed E-state index contributed by atoms with van der Waals surface area (Å²) in [7, 11) is -2.08. The Bertz CT molecular complexity index is 867. The molecule has 0 saturated carbocycles. The van der Waals surface area contributed by atoms with Gasteiger partial charge in [-0.25, -0.2) is 8.42 Å². The van der Waals surface area contributed by atoms with Crippen LogP contribution in [-0.4, -0.2) is 30.9 Å². The molecule has 0 aromatic heterocycles. The number of carbonyl (C=O) groups excluding carboxylic acids is 1. The maximum atomic E-state index is 12.8. The van der Waals surface area contributed by atoms with Crippen molar-refractivity contribution in [3.8, 4) is 0 Å². The van der Waals surface area contributed by atoms with E-state index in [9.17, 15) is 13.2 Å². The van der Waals surface area contributed by atoms with Gasteiger partial charge in [0.05, 0.1) is 15.8 Å². The van der Waals surface area contributed by atoms with E-state index < -0.39 is 10.0 Å². The zero-order valence-electron chi connectivity index (χ0n) is 13.4. The van der Waals surface area contributed by atoms with E-state index in [2.05, 4.69) is 5.32 Å². The van der Waals surface area contributed by atoms with E-state index >= 15 is 0 Å². The number of hydrogen-bond donors (Lipinski definition) is 1. The highest BCUT2D eigenvalue weighted by Crippen LogP contribution is 2.37. The van der Waals surface area contributed by atoms with Crippen LogP contribution >= 0.6 is 11.8 Å². The third kappa shape index (κ3) is 3.33. The maximum absolute atomic E-state index is 12.8. The van der Waals surface area contributed by atoms with Gasteiger partial charge < -0.3 is 5.32 Å². The van der Waals surface area contributed by atoms with Crippen molar-refractivity contribution in [2.45, 2.75) is 28.5 Å². The number of hydrogen-bond acceptors (Lipinski definition) is 4. The van der Waals surface area contributed by atoms with Gasteiger partial charge in [-0.1, -0.05) is 30.3 Å². The number of amides is 1. The lowest BCUT2D eigenvalue weighted by molar-refractivity contribution is -0.115. The SMILES string of the molecule is C[C@@H]1Sc2ccc(S(=O)(=O)N(C)Cc3ccccc3)cc2NC1=O. The van der Waals surface area contributed by atoms with E-state index in [1.54, 1.807) is 19.2 Å². The van der Waals surface area contributed by atoms with E-state index in [1.807, 2.05) is 37.3 Å². The van der Waals surface area contributed by atoms with E-state index in [0.29, 0.717) is 12.2 Å². The molecule has 1 amide bonds. The summed E-state index contributed by atoms with van der Waals surface area (Å²) in [5.74, 6) is -0.111. The van der Waals surface area contributed by atoms with Crippen molar-refractivity contribution < 1.29 is 13.2 Å². The summed E-state index contributed by atoms with van der Waals surface area (Å²) >= 11 is 1.43. The van der Waals surface area contributed by atoms with Gasteiger partial charge in [0, 0.05) is 18.5 Å². The van der Waals surface area contributed by atoms with Gasteiger partial charge in [-0.05, 0) is 30.7 Å². The second-order valence-corrected chi connectivity index (χ2v) is 9.08. The molecule has 1 aliphatic heterocycles. The molecule has 5 nitrogen and oxygen atoms in total. The van der Waals surface area contributed by atoms with Crippen LogP contribution in [0, 0.1) is 0 Å². The molecule has 2 aromatic rings. The molecule has 1 N–H and O–H groups in total. The van der Waals surface area contributed by atoms with Crippen molar-refractivity contribution in [3.63, 3.8) is 0 Å². The Balaban J connectivity index is 1.87. The lowest BCUT2D eigenvalue weighted by Crippen LogP contribution is -2.28. The Morgan fingerprint density at radius 1 is 1.17 bits per heavy atom. The van der Waals surface area contributed by atoms with Crippen LogP contribution in [0.15, 0.2) is 58.3 Å². The lowest BCUT2D eigenvalue weighted by Gasteiger charge is -2.23. The number of rotatable bonds is 4. The van der Waals surface area contributed by atoms with Crippen LogP contribution in [0.5, 0.6) is 0 Å². The molecule has 0 fully saturated rings. The first-order chi connectivity index (χ1) is 11.4. The minimum absolute atomic E-state index is 0.111. The van der Waals surface area contributed by atoms with Gasteiger partial charge in [0.2, 0.25) is 15.9 Å². The van der Waals surface area contributed by atoms with Gasteiger partial charge >= 0.3 is 0 Å². The number of nitrogens with one attached hydrogen (secondary N) is 1. The summed E-state index contributed by atoms with van der Waals surface area (Å²) in [5, 5.41) is 2.59. The number of benzene rings is 2. The lowest BCUT2D eigenvalue weighted by atomic mass is 10.2. The van der Waals surface area contributed by atoms with E-state index in [4.69, 9.17) is 0 Å². The molecule has 3 rings (SSSR count). The molecule has 24 heavy (non-hydrogen) atoms. The number of nitrogens with zero attached hydrogens (tertiary/aromatic N) is 1. The van der Waals surface area contributed by atoms with Crippen LogP contribution < -0.4 is 5.32 Å². The summed E-state index contributed by atoms with van der Waals surface area (Å²) in [5.41, 5.74) is 1.47. The summed E-state index contributed by atoms with van der Waals surface area (Å²) in [6, 6.07) is 14.3. The molecule has 1 aliphatic rings. The zero-order valence-corrected chi connectivity index (χ0v) is 15.0. The fourth-order valence-electron chi connectivity index (χ4n) is 2.45. The third-order valence-electron chi connectivity index (χ3n) is 3.84. The normalized spacial score (nSPS) is 17.5. The minimum atomic E-state index is -3.63. The molecule has 7 heteroatoms. The Hall–Kier alpha value is -1.83. The average molecular weight is 362 g/mol. The Kier molecular flexibility index (Phi) is 4.67. The van der Waals surface area contributed by atoms with Crippen molar-refractivity contribution in [2.75, 3.05) is 12.4 Å². The van der Waals surface area contributed by atoms with Gasteiger partial charge in [-0.2, -0.15) is 4.31 Å². The van der Waals surface area contributed by atoms with Crippen LogP contribution in [0.2, 0.25) is 0 Å². The molecule has 126 valence electrons. The second-order valence-electron chi connectivity index (χ2n) is 5.65. The minimum Gasteiger partial charge on any atom is -0.324 e. The van der Waals surface area contributed by atoms with E-state index in [-0.39, 0.29) is 16.1 Å². The van der Waals surface area contributed by atoms with Crippen LogP contribution in [0.3, 0.4) is 0 Å². The highest BCUT2D eigenvalue weighted by Gasteiger charge is 2.26. The molecule has 0 radical (unpaired) electrons. The molecule has 0 bridgehead atoms. The van der Waals surface area contributed by atoms with Crippen molar-refractivity contribution in [1.82, 2.24) is 4.31 Å². The largest absolute Gasteiger partial charge is 0.324 e. The first-order valence-corrected chi connectivity index (χ1v) is 9.82. The molecule has 0 unspecified atom stereocenters. The summed E-state index contributed by atoms with van der Waals surface area (Å²) in [4.78, 5) is 12.9. The predicted octanol–water partition coefficient (Wildman–Crippen LogP) is 2.94. The van der Waals surface area contributed by atoms with Crippen LogP contribution in [0.25, 0.3) is 0 Å². The fraction of sp³-hybridized carbons (Fsp3) is 0.235. The van der Waals surface area contributed by atoms with Crippen molar-refractivity contribution in [2.24, 2.45) is 0 Å². The molecule has 0 aliphatic carbocycles. The molecular formula is C17H18N2O3S2. The number of thioether (sulfide) groups is 1. The summed E-state index contributed by atoms with van der Waals surface area (Å²) < 4.78 is 26.9. The monoisotopic (exact) mass is 362 g/mol. The van der Waals surface area contributed by atoms with Gasteiger partial charge in [0.25, 0.3) is 0 Å². The van der Waals surface area contributed by atoms with Crippen LogP contribution in [-0.2, 0) is 21.4 Å². The van der Waals surface area contributed by atoms with Gasteiger partial charge in [-0.3, -0.25) is 4.79 Å². The Morgan fingerprint density at radius 2 is 1.88 bits per heavy atom. The molecule has 1 atom stereocenters. The summed E-state index contributed by atoms with van der Waals surface area (Å²) in [6.45, 7) is 2.11. The van der Waals surface area contributed by atoms with Crippen molar-refractivity contribution in [1.29, 1.82) is 0 Å². The molecule has 1 heterocycles. The molecule has 0 saturated heterocycles. The van der Waals surface area contributed by atoms with E-state index in [0.717, 1.165) is 10.5 Å². The zero-order chi connectivity index (χ0) is 17.3. The predicted molar refractivity (Wildman–Crippen MR) is 95.5 cm³/mol. The van der Waals surface area contributed by atoms with Gasteiger partial charge in [0.1, 0.15) is 0 Å². The first-order valence-electron chi connectivity index (χ1n) is 7.50. The number of carbonyl (C=O) groups is 1. The number of sulfonamides is 1. The Morgan fingerprint density at radius 3 is 2.58 bits per heavy atom. The number of fused-ring (bicyclic) bond motifs is 1. The number of anilines is 1. The van der Waals surface area contributed by atoms with E-state index in [1.165, 1.54) is 22.1 Å². The average Bonchev–Trinajstić information content (AvgIpc) is 2.56. The fourth-order valence-corrected chi connectivity index (χ4v) is 4.57. The smallest absolute Gasteiger partial charge is 0.243 e. The first kappa shape index (κ1) is 17.0. The van der Waals surface area contributed by atoms with Crippen LogP contribution in [0.1, 0.15) is 12.5 Å². The standard InChI is InChI=1S/C17H18N2O3S2/c1-12-17(20)18-15-10-14(8-9-16(15)23-12)24(21,22)19(2)11-13-6-4-3-5-7-13/h3-10,12H,11H2,1-2H3,(H,18,20)/t12-/m0/s1. The molecule has 0 spiro atoms. The highest BCUT2D eigenvalue weighted by molar-refractivity contribution is 8.01. The second kappa shape index (κ2) is 6.58. The van der Waals surface area contributed by atoms with Gasteiger partial charge in [0.15, 0.2) is 0 Å². The van der Waals surface area contributed by atoms with Crippen molar-refractivity contribution in [3.05, 3.63) is 54.1 Å². The van der Waals surface area contributed by atoms with Crippen molar-refractivity contribution >= 4 is 33.4 Å². The highest BCUT2D eigenvalue weighted by atomic mass is 32.2.